The number of fused-ring (bicyclic) bond motifs is 1. The van der Waals surface area contributed by atoms with Gasteiger partial charge in [-0.1, -0.05) is 17.7 Å². The second kappa shape index (κ2) is 5.87. The summed E-state index contributed by atoms with van der Waals surface area (Å²) in [6, 6.07) is 6.39. The zero-order valence-corrected chi connectivity index (χ0v) is 14.4. The lowest BCUT2D eigenvalue weighted by Gasteiger charge is -2.33. The quantitative estimate of drug-likeness (QED) is 0.724. The van der Waals surface area contributed by atoms with E-state index in [1.54, 1.807) is 6.33 Å². The Morgan fingerprint density at radius 1 is 1.00 bits per heavy atom. The van der Waals surface area contributed by atoms with Gasteiger partial charge in [-0.3, -0.25) is 0 Å². The molecule has 124 valence electrons. The van der Waals surface area contributed by atoms with E-state index < -0.39 is 0 Å². The van der Waals surface area contributed by atoms with E-state index in [0.717, 1.165) is 48.7 Å². The maximum atomic E-state index is 4.60. The predicted molar refractivity (Wildman–Crippen MR) is 95.8 cm³/mol. The molecule has 3 aromatic rings. The predicted octanol–water partition coefficient (Wildman–Crippen LogP) is 2.18. The van der Waals surface area contributed by atoms with Crippen molar-refractivity contribution < 1.29 is 0 Å². The molecule has 6 heteroatoms. The van der Waals surface area contributed by atoms with Crippen LogP contribution >= 0.6 is 0 Å². The SMILES string of the molecule is Cc1ccc(-n2ncc3c(N4CCN(C)CC4)ncnc32)c(C)c1. The number of benzene rings is 1. The number of anilines is 1. The third-order valence-electron chi connectivity index (χ3n) is 4.73. The molecule has 0 bridgehead atoms. The minimum absolute atomic E-state index is 0.867. The first-order chi connectivity index (χ1) is 11.6. The van der Waals surface area contributed by atoms with Gasteiger partial charge >= 0.3 is 0 Å². The van der Waals surface area contributed by atoms with Gasteiger partial charge in [-0.25, -0.2) is 14.6 Å². The molecule has 4 rings (SSSR count). The summed E-state index contributed by atoms with van der Waals surface area (Å²) in [5, 5.41) is 5.62. The maximum absolute atomic E-state index is 4.60. The molecule has 0 radical (unpaired) electrons. The van der Waals surface area contributed by atoms with E-state index in [1.807, 2.05) is 10.9 Å². The van der Waals surface area contributed by atoms with Crippen molar-refractivity contribution in [2.45, 2.75) is 13.8 Å². The van der Waals surface area contributed by atoms with Gasteiger partial charge in [0, 0.05) is 26.2 Å². The van der Waals surface area contributed by atoms with Crippen molar-refractivity contribution in [3.63, 3.8) is 0 Å². The number of rotatable bonds is 2. The lowest BCUT2D eigenvalue weighted by atomic mass is 10.1. The van der Waals surface area contributed by atoms with E-state index in [9.17, 15) is 0 Å². The van der Waals surface area contributed by atoms with Crippen molar-refractivity contribution in [3.05, 3.63) is 41.9 Å². The fourth-order valence-corrected chi connectivity index (χ4v) is 3.32. The van der Waals surface area contributed by atoms with Gasteiger partial charge in [-0.15, -0.1) is 0 Å². The van der Waals surface area contributed by atoms with Crippen LogP contribution in [-0.2, 0) is 0 Å². The van der Waals surface area contributed by atoms with Crippen LogP contribution in [0.3, 0.4) is 0 Å². The molecule has 1 fully saturated rings. The van der Waals surface area contributed by atoms with Crippen LogP contribution in [0.25, 0.3) is 16.7 Å². The number of hydrogen-bond acceptors (Lipinski definition) is 5. The van der Waals surface area contributed by atoms with Crippen molar-refractivity contribution in [2.75, 3.05) is 38.1 Å². The molecular formula is C18H22N6. The average Bonchev–Trinajstić information content (AvgIpc) is 3.00. The summed E-state index contributed by atoms with van der Waals surface area (Å²) in [5.74, 6) is 0.990. The first-order valence-corrected chi connectivity index (χ1v) is 8.33. The molecule has 1 aliphatic heterocycles. The molecule has 0 atom stereocenters. The molecule has 1 aliphatic rings. The van der Waals surface area contributed by atoms with Gasteiger partial charge in [-0.2, -0.15) is 5.10 Å². The minimum Gasteiger partial charge on any atom is -0.353 e. The number of piperazine rings is 1. The number of nitrogens with zero attached hydrogens (tertiary/aromatic N) is 6. The zero-order valence-electron chi connectivity index (χ0n) is 14.4. The van der Waals surface area contributed by atoms with Gasteiger partial charge in [0.25, 0.3) is 0 Å². The molecule has 3 heterocycles. The lowest BCUT2D eigenvalue weighted by Crippen LogP contribution is -2.44. The Kier molecular flexibility index (Phi) is 3.69. The number of aromatic nitrogens is 4. The van der Waals surface area contributed by atoms with Crippen LogP contribution < -0.4 is 4.90 Å². The molecule has 1 aromatic carbocycles. The summed E-state index contributed by atoms with van der Waals surface area (Å²) in [7, 11) is 2.16. The third-order valence-corrected chi connectivity index (χ3v) is 4.73. The van der Waals surface area contributed by atoms with Gasteiger partial charge in [-0.05, 0) is 32.5 Å². The average molecular weight is 322 g/mol. The van der Waals surface area contributed by atoms with Crippen LogP contribution in [0.15, 0.2) is 30.7 Å². The fourth-order valence-electron chi connectivity index (χ4n) is 3.32. The highest BCUT2D eigenvalue weighted by Crippen LogP contribution is 2.26. The van der Waals surface area contributed by atoms with Crippen LogP contribution in [0.1, 0.15) is 11.1 Å². The van der Waals surface area contributed by atoms with E-state index >= 15 is 0 Å². The summed E-state index contributed by atoms with van der Waals surface area (Å²) in [6.07, 6.45) is 3.54. The molecule has 0 aliphatic carbocycles. The number of likely N-dealkylation sites (N-methyl/N-ethyl adjacent to an activating group) is 1. The van der Waals surface area contributed by atoms with Gasteiger partial charge in [0.15, 0.2) is 5.65 Å². The Morgan fingerprint density at radius 2 is 1.79 bits per heavy atom. The minimum atomic E-state index is 0.867. The Labute approximate surface area is 141 Å². The van der Waals surface area contributed by atoms with E-state index in [2.05, 4.69) is 64.0 Å². The topological polar surface area (TPSA) is 50.1 Å². The summed E-state index contributed by atoms with van der Waals surface area (Å²) < 4.78 is 1.92. The number of hydrogen-bond donors (Lipinski definition) is 0. The largest absolute Gasteiger partial charge is 0.353 e. The van der Waals surface area contributed by atoms with Crippen LogP contribution in [0, 0.1) is 13.8 Å². The van der Waals surface area contributed by atoms with Crippen LogP contribution in [-0.4, -0.2) is 57.9 Å². The molecular weight excluding hydrogens is 300 g/mol. The molecule has 0 saturated carbocycles. The Balaban J connectivity index is 1.79. The summed E-state index contributed by atoms with van der Waals surface area (Å²) in [6.45, 7) is 8.28. The standard InChI is InChI=1S/C18H22N6/c1-13-4-5-16(14(2)10-13)24-18-15(11-21-24)17(19-12-20-18)23-8-6-22(3)7-9-23/h4-5,10-12H,6-9H2,1-3H3. The molecule has 2 aromatic heterocycles. The van der Waals surface area contributed by atoms with Crippen LogP contribution in [0.5, 0.6) is 0 Å². The van der Waals surface area contributed by atoms with Crippen molar-refractivity contribution in [3.8, 4) is 5.69 Å². The third kappa shape index (κ3) is 2.53. The van der Waals surface area contributed by atoms with Gasteiger partial charge < -0.3 is 9.80 Å². The normalized spacial score (nSPS) is 16.0. The Hall–Kier alpha value is -2.47. The van der Waals surface area contributed by atoms with E-state index in [1.165, 1.54) is 11.1 Å². The lowest BCUT2D eigenvalue weighted by molar-refractivity contribution is 0.312. The second-order valence-electron chi connectivity index (χ2n) is 6.57. The highest BCUT2D eigenvalue weighted by Gasteiger charge is 2.20. The van der Waals surface area contributed by atoms with Crippen molar-refractivity contribution in [1.82, 2.24) is 24.6 Å². The smallest absolute Gasteiger partial charge is 0.168 e. The highest BCUT2D eigenvalue weighted by atomic mass is 15.3. The van der Waals surface area contributed by atoms with E-state index in [4.69, 9.17) is 0 Å². The second-order valence-corrected chi connectivity index (χ2v) is 6.57. The number of aryl methyl sites for hydroxylation is 2. The first-order valence-electron chi connectivity index (χ1n) is 8.33. The Morgan fingerprint density at radius 3 is 2.54 bits per heavy atom. The van der Waals surface area contributed by atoms with Crippen LogP contribution in [0.4, 0.5) is 5.82 Å². The molecule has 6 nitrogen and oxygen atoms in total. The van der Waals surface area contributed by atoms with E-state index in [-0.39, 0.29) is 0 Å². The summed E-state index contributed by atoms with van der Waals surface area (Å²) in [4.78, 5) is 13.7. The fraction of sp³-hybridized carbons (Fsp3) is 0.389. The van der Waals surface area contributed by atoms with Gasteiger partial charge in [0.2, 0.25) is 0 Å². The first kappa shape index (κ1) is 15.1. The molecule has 0 spiro atoms. The summed E-state index contributed by atoms with van der Waals surface area (Å²) >= 11 is 0. The molecule has 1 saturated heterocycles. The monoisotopic (exact) mass is 322 g/mol. The Bertz CT molecular complexity index is 876. The van der Waals surface area contributed by atoms with Crippen LogP contribution in [0.2, 0.25) is 0 Å². The highest BCUT2D eigenvalue weighted by molar-refractivity contribution is 5.87. The maximum Gasteiger partial charge on any atom is 0.168 e. The summed E-state index contributed by atoms with van der Waals surface area (Å²) in [5.41, 5.74) is 4.38. The molecule has 0 amide bonds. The molecule has 0 N–H and O–H groups in total. The molecule has 24 heavy (non-hydrogen) atoms. The van der Waals surface area contributed by atoms with Crippen molar-refractivity contribution >= 4 is 16.9 Å². The van der Waals surface area contributed by atoms with Crippen molar-refractivity contribution in [2.24, 2.45) is 0 Å². The molecule has 0 unspecified atom stereocenters. The zero-order chi connectivity index (χ0) is 16.7. The van der Waals surface area contributed by atoms with E-state index in [0.29, 0.717) is 0 Å². The van der Waals surface area contributed by atoms with Gasteiger partial charge in [0.05, 0.1) is 17.3 Å². The van der Waals surface area contributed by atoms with Gasteiger partial charge in [0.1, 0.15) is 12.1 Å². The van der Waals surface area contributed by atoms with Crippen molar-refractivity contribution in [1.29, 1.82) is 0 Å².